The highest BCUT2D eigenvalue weighted by Gasteiger charge is 2.24. The highest BCUT2D eigenvalue weighted by molar-refractivity contribution is 7.09. The molecule has 0 N–H and O–H groups in total. The van der Waals surface area contributed by atoms with E-state index in [1.165, 1.54) is 0 Å². The van der Waals surface area contributed by atoms with Crippen molar-refractivity contribution in [3.05, 3.63) is 16.1 Å². The Labute approximate surface area is 97.0 Å². The maximum atomic E-state index is 11.0. The monoisotopic (exact) mass is 240 g/mol. The van der Waals surface area contributed by atoms with E-state index in [4.69, 9.17) is 0 Å². The van der Waals surface area contributed by atoms with Crippen molar-refractivity contribution in [3.8, 4) is 0 Å². The van der Waals surface area contributed by atoms with Gasteiger partial charge in [-0.15, -0.1) is 11.3 Å². The van der Waals surface area contributed by atoms with Crippen LogP contribution in [0, 0.1) is 6.92 Å². The van der Waals surface area contributed by atoms with Crippen LogP contribution in [0.25, 0.3) is 0 Å². The van der Waals surface area contributed by atoms with Crippen molar-refractivity contribution >= 4 is 23.3 Å². The summed E-state index contributed by atoms with van der Waals surface area (Å²) in [7, 11) is 0. The van der Waals surface area contributed by atoms with Gasteiger partial charge in [-0.1, -0.05) is 0 Å². The summed E-state index contributed by atoms with van der Waals surface area (Å²) in [6.45, 7) is 2.99. The Hall–Kier alpha value is -1.27. The van der Waals surface area contributed by atoms with Crippen LogP contribution in [0.2, 0.25) is 0 Å². The van der Waals surface area contributed by atoms with Crippen LogP contribution in [0.3, 0.4) is 0 Å². The highest BCUT2D eigenvalue weighted by Crippen LogP contribution is 2.10. The van der Waals surface area contributed by atoms with Gasteiger partial charge in [-0.05, 0) is 6.92 Å². The van der Waals surface area contributed by atoms with Gasteiger partial charge < -0.3 is 4.74 Å². The second-order valence-corrected chi connectivity index (χ2v) is 4.63. The lowest BCUT2D eigenvalue weighted by Gasteiger charge is -2.23. The van der Waals surface area contributed by atoms with Crippen molar-refractivity contribution in [3.63, 3.8) is 0 Å². The Morgan fingerprint density at radius 3 is 2.69 bits per heavy atom. The number of rotatable bonds is 3. The van der Waals surface area contributed by atoms with E-state index in [9.17, 15) is 9.59 Å². The Morgan fingerprint density at radius 1 is 1.44 bits per heavy atom. The first-order valence-electron chi connectivity index (χ1n) is 5.00. The zero-order chi connectivity index (χ0) is 11.5. The average Bonchev–Trinajstić information content (AvgIpc) is 2.60. The molecule has 5 nitrogen and oxygen atoms in total. The van der Waals surface area contributed by atoms with Crippen molar-refractivity contribution in [2.75, 3.05) is 19.6 Å². The molecule has 86 valence electrons. The third-order valence-corrected chi connectivity index (χ3v) is 3.27. The van der Waals surface area contributed by atoms with Crippen molar-refractivity contribution in [2.45, 2.75) is 13.3 Å². The Morgan fingerprint density at radius 2 is 2.12 bits per heavy atom. The molecular weight excluding hydrogens is 228 g/mol. The number of ether oxygens (including phenoxy) is 1. The van der Waals surface area contributed by atoms with Gasteiger partial charge in [0.25, 0.3) is 0 Å². The molecule has 0 bridgehead atoms. The average molecular weight is 240 g/mol. The number of aromatic nitrogens is 1. The van der Waals surface area contributed by atoms with Gasteiger partial charge in [0.1, 0.15) is 0 Å². The number of carbonyl (C=O) groups excluding carboxylic acids is 2. The Kier molecular flexibility index (Phi) is 3.31. The van der Waals surface area contributed by atoms with Crippen molar-refractivity contribution in [1.82, 2.24) is 9.88 Å². The predicted molar refractivity (Wildman–Crippen MR) is 58.1 cm³/mol. The van der Waals surface area contributed by atoms with Gasteiger partial charge >= 0.3 is 11.9 Å². The van der Waals surface area contributed by atoms with Crippen LogP contribution in [0.1, 0.15) is 10.7 Å². The fourth-order valence-electron chi connectivity index (χ4n) is 1.54. The number of hydrogen-bond donors (Lipinski definition) is 0. The van der Waals surface area contributed by atoms with E-state index >= 15 is 0 Å². The minimum absolute atomic E-state index is 0.191. The first-order valence-corrected chi connectivity index (χ1v) is 5.88. The number of aryl methyl sites for hydroxylation is 1. The van der Waals surface area contributed by atoms with Gasteiger partial charge in [-0.25, -0.2) is 4.98 Å². The lowest BCUT2D eigenvalue weighted by molar-refractivity contribution is -0.166. The molecule has 2 rings (SSSR count). The fourth-order valence-corrected chi connectivity index (χ4v) is 2.31. The van der Waals surface area contributed by atoms with Gasteiger partial charge in [0.05, 0.1) is 18.1 Å². The zero-order valence-corrected chi connectivity index (χ0v) is 9.75. The smallest absolute Gasteiger partial charge is 0.327 e. The maximum absolute atomic E-state index is 11.0. The molecule has 1 aliphatic rings. The molecule has 1 aromatic rings. The molecule has 1 aromatic heterocycles. The molecule has 0 aliphatic carbocycles. The number of nitrogens with zero attached hydrogens (tertiary/aromatic N) is 2. The number of hydrogen-bond acceptors (Lipinski definition) is 6. The Balaban J connectivity index is 1.85. The number of esters is 2. The Bertz CT molecular complexity index is 400. The molecule has 1 saturated heterocycles. The summed E-state index contributed by atoms with van der Waals surface area (Å²) < 4.78 is 4.44. The summed E-state index contributed by atoms with van der Waals surface area (Å²) in [5.41, 5.74) is 1.01. The quantitative estimate of drug-likeness (QED) is 0.564. The number of morpholine rings is 1. The summed E-state index contributed by atoms with van der Waals surface area (Å²) in [5.74, 6) is -0.932. The molecule has 0 radical (unpaired) electrons. The number of cyclic esters (lactones) is 2. The van der Waals surface area contributed by atoms with Crippen LogP contribution in [-0.4, -0.2) is 41.5 Å². The fraction of sp³-hybridized carbons (Fsp3) is 0.500. The van der Waals surface area contributed by atoms with E-state index < -0.39 is 11.9 Å². The summed E-state index contributed by atoms with van der Waals surface area (Å²) in [4.78, 5) is 28.1. The molecule has 0 saturated carbocycles. The summed E-state index contributed by atoms with van der Waals surface area (Å²) >= 11 is 1.60. The van der Waals surface area contributed by atoms with Crippen LogP contribution in [0.4, 0.5) is 0 Å². The molecule has 0 spiro atoms. The molecule has 0 amide bonds. The largest absolute Gasteiger partial charge is 0.391 e. The first kappa shape index (κ1) is 11.2. The van der Waals surface area contributed by atoms with Crippen LogP contribution in [-0.2, 0) is 20.7 Å². The van der Waals surface area contributed by atoms with Crippen molar-refractivity contribution < 1.29 is 14.3 Å². The topological polar surface area (TPSA) is 59.5 Å². The molecule has 1 fully saturated rings. The summed E-state index contributed by atoms with van der Waals surface area (Å²) in [6, 6.07) is 0. The van der Waals surface area contributed by atoms with E-state index in [0.717, 1.165) is 17.1 Å². The molecular formula is C10H12N2O3S. The molecule has 16 heavy (non-hydrogen) atoms. The van der Waals surface area contributed by atoms with Gasteiger partial charge in [0.15, 0.2) is 0 Å². The van der Waals surface area contributed by atoms with E-state index in [2.05, 4.69) is 9.72 Å². The normalized spacial score (nSPS) is 17.6. The predicted octanol–water partition coefficient (Wildman–Crippen LogP) is 0.379. The molecule has 1 aliphatic heterocycles. The van der Waals surface area contributed by atoms with E-state index in [1.807, 2.05) is 12.3 Å². The van der Waals surface area contributed by atoms with Gasteiger partial charge in [0.2, 0.25) is 0 Å². The first-order chi connectivity index (χ1) is 7.63. The molecule has 0 unspecified atom stereocenters. The van der Waals surface area contributed by atoms with Crippen LogP contribution in [0.15, 0.2) is 5.38 Å². The maximum Gasteiger partial charge on any atom is 0.327 e. The van der Waals surface area contributed by atoms with Crippen LogP contribution >= 0.6 is 11.3 Å². The number of carbonyl (C=O) groups is 2. The van der Waals surface area contributed by atoms with Crippen molar-refractivity contribution in [1.29, 1.82) is 0 Å². The van der Waals surface area contributed by atoms with E-state index in [1.54, 1.807) is 16.2 Å². The van der Waals surface area contributed by atoms with Gasteiger partial charge in [-0.3, -0.25) is 14.5 Å². The number of thiazole rings is 1. The van der Waals surface area contributed by atoms with Gasteiger partial charge in [0, 0.05) is 24.0 Å². The van der Waals surface area contributed by atoms with Crippen LogP contribution in [0.5, 0.6) is 0 Å². The standard InChI is InChI=1S/C10H12N2O3S/c1-7-6-16-8(11-7)2-3-12-4-9(13)15-10(14)5-12/h6H,2-5H2,1H3. The third kappa shape index (κ3) is 2.86. The molecule has 2 heterocycles. The zero-order valence-electron chi connectivity index (χ0n) is 8.93. The third-order valence-electron chi connectivity index (χ3n) is 2.24. The molecule has 0 aromatic carbocycles. The van der Waals surface area contributed by atoms with Gasteiger partial charge in [-0.2, -0.15) is 0 Å². The lowest BCUT2D eigenvalue weighted by atomic mass is 10.3. The molecule has 6 heteroatoms. The highest BCUT2D eigenvalue weighted by atomic mass is 32.1. The van der Waals surface area contributed by atoms with Crippen molar-refractivity contribution in [2.24, 2.45) is 0 Å². The minimum Gasteiger partial charge on any atom is -0.391 e. The second-order valence-electron chi connectivity index (χ2n) is 3.69. The van der Waals surface area contributed by atoms with Crippen LogP contribution < -0.4 is 0 Å². The summed E-state index contributed by atoms with van der Waals surface area (Å²) in [5, 5.41) is 3.02. The lowest BCUT2D eigenvalue weighted by Crippen LogP contribution is -2.43. The minimum atomic E-state index is -0.466. The van der Waals surface area contributed by atoms with E-state index in [0.29, 0.717) is 6.54 Å². The SMILES string of the molecule is Cc1csc(CCN2CC(=O)OC(=O)C2)n1. The summed E-state index contributed by atoms with van der Waals surface area (Å²) in [6.07, 6.45) is 0.763. The van der Waals surface area contributed by atoms with E-state index in [-0.39, 0.29) is 13.1 Å². The molecule has 0 atom stereocenters. The second kappa shape index (κ2) is 4.71.